The molecule has 4 heteroatoms. The normalized spacial score (nSPS) is 12.4. The standard InChI is InChI=1S/C14H16BrNOS/c1-16-14(9-11-4-3-7-18-11)12-8-10(17-2)5-6-13(12)15/h3-8,14,16H,9H2,1-2H3. The minimum atomic E-state index is 0.285. The van der Waals surface area contributed by atoms with Gasteiger partial charge in [-0.1, -0.05) is 22.0 Å². The van der Waals surface area contributed by atoms with Crippen molar-refractivity contribution in [2.75, 3.05) is 14.2 Å². The van der Waals surface area contributed by atoms with Crippen molar-refractivity contribution in [2.45, 2.75) is 12.5 Å². The zero-order valence-electron chi connectivity index (χ0n) is 10.4. The van der Waals surface area contributed by atoms with E-state index in [1.54, 1.807) is 18.4 Å². The molecule has 1 aromatic carbocycles. The summed E-state index contributed by atoms with van der Waals surface area (Å²) in [6, 6.07) is 10.6. The smallest absolute Gasteiger partial charge is 0.119 e. The quantitative estimate of drug-likeness (QED) is 0.896. The first-order chi connectivity index (χ1) is 8.74. The molecule has 0 fully saturated rings. The van der Waals surface area contributed by atoms with Crippen molar-refractivity contribution in [1.82, 2.24) is 5.32 Å². The minimum absolute atomic E-state index is 0.285. The lowest BCUT2D eigenvalue weighted by Gasteiger charge is -2.18. The predicted molar refractivity (Wildman–Crippen MR) is 80.5 cm³/mol. The summed E-state index contributed by atoms with van der Waals surface area (Å²) in [5, 5.41) is 5.48. The van der Waals surface area contributed by atoms with E-state index in [1.165, 1.54) is 10.4 Å². The molecule has 0 spiro atoms. The van der Waals surface area contributed by atoms with Crippen LogP contribution in [-0.2, 0) is 6.42 Å². The predicted octanol–water partition coefficient (Wildman–Crippen LogP) is 4.02. The van der Waals surface area contributed by atoms with E-state index in [9.17, 15) is 0 Å². The Bertz CT molecular complexity index is 499. The van der Waals surface area contributed by atoms with Gasteiger partial charge in [-0.05, 0) is 42.3 Å². The molecular formula is C14H16BrNOS. The van der Waals surface area contributed by atoms with E-state index in [-0.39, 0.29) is 6.04 Å². The Morgan fingerprint density at radius 3 is 2.83 bits per heavy atom. The molecule has 0 saturated carbocycles. The molecular weight excluding hydrogens is 310 g/mol. The van der Waals surface area contributed by atoms with Crippen LogP contribution >= 0.6 is 27.3 Å². The molecule has 0 amide bonds. The molecule has 1 atom stereocenters. The topological polar surface area (TPSA) is 21.3 Å². The van der Waals surface area contributed by atoms with Crippen LogP contribution in [0.3, 0.4) is 0 Å². The summed E-state index contributed by atoms with van der Waals surface area (Å²) in [4.78, 5) is 1.38. The molecule has 0 aliphatic carbocycles. The molecule has 1 unspecified atom stereocenters. The van der Waals surface area contributed by atoms with Gasteiger partial charge in [0.05, 0.1) is 7.11 Å². The fraction of sp³-hybridized carbons (Fsp3) is 0.286. The van der Waals surface area contributed by atoms with Crippen LogP contribution in [0.1, 0.15) is 16.5 Å². The average Bonchev–Trinajstić information content (AvgIpc) is 2.90. The molecule has 96 valence electrons. The van der Waals surface area contributed by atoms with Crippen molar-refractivity contribution in [3.63, 3.8) is 0 Å². The molecule has 2 rings (SSSR count). The molecule has 0 aliphatic rings. The van der Waals surface area contributed by atoms with Gasteiger partial charge in [0.1, 0.15) is 5.75 Å². The summed E-state index contributed by atoms with van der Waals surface area (Å²) in [5.41, 5.74) is 1.23. The van der Waals surface area contributed by atoms with Gasteiger partial charge in [-0.25, -0.2) is 0 Å². The molecule has 0 bridgehead atoms. The van der Waals surface area contributed by atoms with Gasteiger partial charge >= 0.3 is 0 Å². The minimum Gasteiger partial charge on any atom is -0.497 e. The van der Waals surface area contributed by atoms with Crippen LogP contribution in [0, 0.1) is 0 Å². The first-order valence-corrected chi connectivity index (χ1v) is 7.45. The summed E-state index contributed by atoms with van der Waals surface area (Å²) >= 11 is 5.40. The Kier molecular flexibility index (Phi) is 4.80. The van der Waals surface area contributed by atoms with Crippen LogP contribution in [0.15, 0.2) is 40.2 Å². The van der Waals surface area contributed by atoms with Crippen molar-refractivity contribution in [2.24, 2.45) is 0 Å². The third kappa shape index (κ3) is 3.13. The number of hydrogen-bond donors (Lipinski definition) is 1. The van der Waals surface area contributed by atoms with Crippen LogP contribution in [0.4, 0.5) is 0 Å². The SMILES string of the molecule is CNC(Cc1cccs1)c1cc(OC)ccc1Br. The first-order valence-electron chi connectivity index (χ1n) is 5.77. The second-order valence-corrected chi connectivity index (χ2v) is 5.90. The Morgan fingerprint density at radius 1 is 1.39 bits per heavy atom. The molecule has 1 heterocycles. The molecule has 0 aliphatic heterocycles. The highest BCUT2D eigenvalue weighted by Crippen LogP contribution is 2.30. The van der Waals surface area contributed by atoms with E-state index in [0.717, 1.165) is 16.6 Å². The zero-order chi connectivity index (χ0) is 13.0. The van der Waals surface area contributed by atoms with Crippen molar-refractivity contribution in [1.29, 1.82) is 0 Å². The fourth-order valence-corrected chi connectivity index (χ4v) is 3.19. The van der Waals surface area contributed by atoms with Gasteiger partial charge in [0.25, 0.3) is 0 Å². The molecule has 2 nitrogen and oxygen atoms in total. The van der Waals surface area contributed by atoms with Gasteiger partial charge in [0.2, 0.25) is 0 Å². The number of likely N-dealkylation sites (N-methyl/N-ethyl adjacent to an activating group) is 1. The fourth-order valence-electron chi connectivity index (χ4n) is 1.91. The Morgan fingerprint density at radius 2 is 2.22 bits per heavy atom. The van der Waals surface area contributed by atoms with Crippen molar-refractivity contribution >= 4 is 27.3 Å². The van der Waals surface area contributed by atoms with E-state index in [0.29, 0.717) is 0 Å². The van der Waals surface area contributed by atoms with Crippen LogP contribution in [-0.4, -0.2) is 14.2 Å². The Labute approximate surface area is 120 Å². The third-order valence-electron chi connectivity index (χ3n) is 2.91. The van der Waals surface area contributed by atoms with Crippen molar-refractivity contribution in [3.05, 3.63) is 50.6 Å². The largest absolute Gasteiger partial charge is 0.497 e. The highest BCUT2D eigenvalue weighted by molar-refractivity contribution is 9.10. The monoisotopic (exact) mass is 325 g/mol. The number of ether oxygens (including phenoxy) is 1. The van der Waals surface area contributed by atoms with E-state index in [4.69, 9.17) is 4.74 Å². The molecule has 2 aromatic rings. The maximum atomic E-state index is 5.29. The second kappa shape index (κ2) is 6.36. The molecule has 0 saturated heterocycles. The van der Waals surface area contributed by atoms with E-state index < -0.39 is 0 Å². The van der Waals surface area contributed by atoms with Gasteiger partial charge < -0.3 is 10.1 Å². The van der Waals surface area contributed by atoms with E-state index >= 15 is 0 Å². The van der Waals surface area contributed by atoms with Gasteiger partial charge in [0, 0.05) is 21.8 Å². The Balaban J connectivity index is 2.26. The van der Waals surface area contributed by atoms with Crippen LogP contribution < -0.4 is 10.1 Å². The number of benzene rings is 1. The maximum absolute atomic E-state index is 5.29. The van der Waals surface area contributed by atoms with Gasteiger partial charge in [-0.15, -0.1) is 11.3 Å². The van der Waals surface area contributed by atoms with Gasteiger partial charge in [-0.3, -0.25) is 0 Å². The van der Waals surface area contributed by atoms with Gasteiger partial charge in [0.15, 0.2) is 0 Å². The first kappa shape index (κ1) is 13.6. The molecule has 1 aromatic heterocycles. The summed E-state index contributed by atoms with van der Waals surface area (Å²) < 4.78 is 6.40. The number of nitrogens with one attached hydrogen (secondary N) is 1. The summed E-state index contributed by atoms with van der Waals surface area (Å²) in [6.07, 6.45) is 0.986. The molecule has 18 heavy (non-hydrogen) atoms. The third-order valence-corrected chi connectivity index (χ3v) is 4.53. The van der Waals surface area contributed by atoms with E-state index in [2.05, 4.69) is 44.8 Å². The maximum Gasteiger partial charge on any atom is 0.119 e. The summed E-state index contributed by atoms with van der Waals surface area (Å²) in [5.74, 6) is 0.889. The van der Waals surface area contributed by atoms with Crippen LogP contribution in [0.25, 0.3) is 0 Å². The molecule has 1 N–H and O–H groups in total. The lowest BCUT2D eigenvalue weighted by molar-refractivity contribution is 0.413. The van der Waals surface area contributed by atoms with Crippen LogP contribution in [0.2, 0.25) is 0 Å². The molecule has 0 radical (unpaired) electrons. The zero-order valence-corrected chi connectivity index (χ0v) is 12.8. The second-order valence-electron chi connectivity index (χ2n) is 4.01. The van der Waals surface area contributed by atoms with Crippen molar-refractivity contribution < 1.29 is 4.74 Å². The summed E-state index contributed by atoms with van der Waals surface area (Å²) in [6.45, 7) is 0. The number of hydrogen-bond acceptors (Lipinski definition) is 3. The van der Waals surface area contributed by atoms with Crippen LogP contribution in [0.5, 0.6) is 5.75 Å². The highest BCUT2D eigenvalue weighted by atomic mass is 79.9. The number of thiophene rings is 1. The summed E-state index contributed by atoms with van der Waals surface area (Å²) in [7, 11) is 3.69. The lowest BCUT2D eigenvalue weighted by atomic mass is 10.0. The van der Waals surface area contributed by atoms with Gasteiger partial charge in [-0.2, -0.15) is 0 Å². The average molecular weight is 326 g/mol. The number of halogens is 1. The number of rotatable bonds is 5. The highest BCUT2D eigenvalue weighted by Gasteiger charge is 2.14. The van der Waals surface area contributed by atoms with E-state index in [1.807, 2.05) is 19.2 Å². The van der Waals surface area contributed by atoms with Crippen molar-refractivity contribution in [3.8, 4) is 5.75 Å². The lowest BCUT2D eigenvalue weighted by Crippen LogP contribution is -2.19. The number of methoxy groups -OCH3 is 1. The Hall–Kier alpha value is -0.840.